The fourth-order valence-electron chi connectivity index (χ4n) is 2.13. The molecule has 1 heterocycles. The molecule has 1 saturated heterocycles. The number of carbonyl (C=O) groups is 1. The van der Waals surface area contributed by atoms with Crippen LogP contribution in [0.2, 0.25) is 0 Å². The Balaban J connectivity index is 2.14. The summed E-state index contributed by atoms with van der Waals surface area (Å²) in [5.74, 6) is 0. The van der Waals surface area contributed by atoms with Crippen LogP contribution in [0.1, 0.15) is 18.4 Å². The molecule has 0 aliphatic carbocycles. The smallest absolute Gasteiger partial charge is 0.407 e. The van der Waals surface area contributed by atoms with Gasteiger partial charge in [-0.15, -0.1) is 0 Å². The second-order valence-corrected chi connectivity index (χ2v) is 5.23. The van der Waals surface area contributed by atoms with Crippen LogP contribution in [0.4, 0.5) is 4.79 Å². The number of aliphatic hydroxyl groups is 1. The standard InChI is InChI=1S/C12H14BrNO3/c13-10-3-1-2-9(8-10)12(17)4-6-14(7-5-12)11(15)16/h1-3,8,17H,4-7H2,(H,15,16). The van der Waals surface area contributed by atoms with Gasteiger partial charge in [0, 0.05) is 17.6 Å². The van der Waals surface area contributed by atoms with Crippen molar-refractivity contribution in [3.05, 3.63) is 34.3 Å². The van der Waals surface area contributed by atoms with Crippen LogP contribution < -0.4 is 0 Å². The van der Waals surface area contributed by atoms with Crippen LogP contribution in [-0.2, 0) is 5.60 Å². The van der Waals surface area contributed by atoms with E-state index >= 15 is 0 Å². The number of rotatable bonds is 1. The third-order valence-electron chi connectivity index (χ3n) is 3.22. The highest BCUT2D eigenvalue weighted by atomic mass is 79.9. The van der Waals surface area contributed by atoms with Gasteiger partial charge in [0.2, 0.25) is 0 Å². The molecule has 1 aromatic rings. The fraction of sp³-hybridized carbons (Fsp3) is 0.417. The third kappa shape index (κ3) is 2.61. The van der Waals surface area contributed by atoms with Crippen molar-refractivity contribution in [1.29, 1.82) is 0 Å². The lowest BCUT2D eigenvalue weighted by molar-refractivity contribution is -0.0213. The van der Waals surface area contributed by atoms with Crippen molar-refractivity contribution < 1.29 is 15.0 Å². The molecule has 4 nitrogen and oxygen atoms in total. The Morgan fingerprint density at radius 1 is 1.35 bits per heavy atom. The summed E-state index contributed by atoms with van der Waals surface area (Å²) in [4.78, 5) is 12.1. The minimum atomic E-state index is -0.915. The normalized spacial score (nSPS) is 19.1. The molecule has 92 valence electrons. The molecule has 1 aliphatic rings. The molecular weight excluding hydrogens is 286 g/mol. The van der Waals surface area contributed by atoms with Gasteiger partial charge in [-0.3, -0.25) is 0 Å². The molecule has 0 atom stereocenters. The molecule has 0 aromatic heterocycles. The van der Waals surface area contributed by atoms with Crippen LogP contribution in [-0.4, -0.2) is 34.3 Å². The Kier molecular flexibility index (Phi) is 3.40. The maximum absolute atomic E-state index is 10.8. The molecule has 1 fully saturated rings. The number of hydrogen-bond acceptors (Lipinski definition) is 2. The van der Waals surface area contributed by atoms with Gasteiger partial charge in [-0.25, -0.2) is 4.79 Å². The van der Waals surface area contributed by atoms with Crippen LogP contribution in [0.5, 0.6) is 0 Å². The molecule has 1 amide bonds. The van der Waals surface area contributed by atoms with Crippen molar-refractivity contribution in [2.75, 3.05) is 13.1 Å². The van der Waals surface area contributed by atoms with Crippen LogP contribution in [0.3, 0.4) is 0 Å². The predicted molar refractivity (Wildman–Crippen MR) is 66.9 cm³/mol. The summed E-state index contributed by atoms with van der Waals surface area (Å²) in [5.41, 5.74) is -0.0626. The minimum absolute atomic E-state index is 0.373. The first-order valence-electron chi connectivity index (χ1n) is 5.47. The van der Waals surface area contributed by atoms with Crippen molar-refractivity contribution in [1.82, 2.24) is 4.90 Å². The van der Waals surface area contributed by atoms with Crippen LogP contribution in [0.25, 0.3) is 0 Å². The molecule has 0 radical (unpaired) electrons. The van der Waals surface area contributed by atoms with Crippen LogP contribution in [0.15, 0.2) is 28.7 Å². The number of carboxylic acid groups (broad SMARTS) is 1. The minimum Gasteiger partial charge on any atom is -0.465 e. The summed E-state index contributed by atoms with van der Waals surface area (Å²) in [6.07, 6.45) is -0.0350. The van der Waals surface area contributed by atoms with E-state index in [9.17, 15) is 9.90 Å². The summed E-state index contributed by atoms with van der Waals surface area (Å²) in [7, 11) is 0. The van der Waals surface area contributed by atoms with E-state index in [1.54, 1.807) is 0 Å². The summed E-state index contributed by atoms with van der Waals surface area (Å²) in [6, 6.07) is 7.54. The maximum atomic E-state index is 10.8. The van der Waals surface area contributed by atoms with Crippen molar-refractivity contribution in [3.8, 4) is 0 Å². The predicted octanol–water partition coefficient (Wildman–Crippen LogP) is 2.41. The highest BCUT2D eigenvalue weighted by Crippen LogP contribution is 2.33. The topological polar surface area (TPSA) is 60.8 Å². The molecule has 0 saturated carbocycles. The van der Waals surface area contributed by atoms with E-state index in [4.69, 9.17) is 5.11 Å². The molecule has 17 heavy (non-hydrogen) atoms. The van der Waals surface area contributed by atoms with E-state index in [-0.39, 0.29) is 0 Å². The van der Waals surface area contributed by atoms with Crippen LogP contribution >= 0.6 is 15.9 Å². The molecule has 2 rings (SSSR count). The Morgan fingerprint density at radius 3 is 2.53 bits per heavy atom. The number of amides is 1. The molecule has 1 aromatic carbocycles. The fourth-order valence-corrected chi connectivity index (χ4v) is 2.53. The number of halogens is 1. The zero-order valence-electron chi connectivity index (χ0n) is 9.27. The van der Waals surface area contributed by atoms with Crippen molar-refractivity contribution in [2.24, 2.45) is 0 Å². The van der Waals surface area contributed by atoms with Crippen LogP contribution in [0, 0.1) is 0 Å². The lowest BCUT2D eigenvalue weighted by Crippen LogP contribution is -2.44. The van der Waals surface area contributed by atoms with Gasteiger partial charge in [-0.1, -0.05) is 28.1 Å². The van der Waals surface area contributed by atoms with E-state index in [1.165, 1.54) is 4.90 Å². The summed E-state index contributed by atoms with van der Waals surface area (Å²) in [5, 5.41) is 19.4. The SMILES string of the molecule is O=C(O)N1CCC(O)(c2cccc(Br)c2)CC1. The zero-order chi connectivity index (χ0) is 12.5. The molecule has 0 unspecified atom stereocenters. The monoisotopic (exact) mass is 299 g/mol. The lowest BCUT2D eigenvalue weighted by atomic mass is 9.84. The average molecular weight is 300 g/mol. The molecule has 0 bridgehead atoms. The lowest BCUT2D eigenvalue weighted by Gasteiger charge is -2.37. The van der Waals surface area contributed by atoms with Crippen molar-refractivity contribution in [2.45, 2.75) is 18.4 Å². The van der Waals surface area contributed by atoms with Gasteiger partial charge in [0.25, 0.3) is 0 Å². The average Bonchev–Trinajstić information content (AvgIpc) is 2.29. The number of piperidine rings is 1. The van der Waals surface area contributed by atoms with Gasteiger partial charge in [0.05, 0.1) is 5.60 Å². The second kappa shape index (κ2) is 4.66. The zero-order valence-corrected chi connectivity index (χ0v) is 10.9. The van der Waals surface area contributed by atoms with E-state index in [1.807, 2.05) is 24.3 Å². The Morgan fingerprint density at radius 2 is 2.00 bits per heavy atom. The first kappa shape index (κ1) is 12.4. The molecule has 1 aliphatic heterocycles. The van der Waals surface area contributed by atoms with Gasteiger partial charge >= 0.3 is 6.09 Å². The molecule has 5 heteroatoms. The highest BCUT2D eigenvalue weighted by molar-refractivity contribution is 9.10. The van der Waals surface area contributed by atoms with Crippen molar-refractivity contribution >= 4 is 22.0 Å². The highest BCUT2D eigenvalue weighted by Gasteiger charge is 2.35. The first-order chi connectivity index (χ1) is 8.01. The number of nitrogens with zero attached hydrogens (tertiary/aromatic N) is 1. The van der Waals surface area contributed by atoms with E-state index in [0.717, 1.165) is 10.0 Å². The van der Waals surface area contributed by atoms with E-state index in [2.05, 4.69) is 15.9 Å². The molecule has 2 N–H and O–H groups in total. The van der Waals surface area contributed by atoms with Crippen molar-refractivity contribution in [3.63, 3.8) is 0 Å². The van der Waals surface area contributed by atoms with Gasteiger partial charge in [0.15, 0.2) is 0 Å². The van der Waals surface area contributed by atoms with Gasteiger partial charge in [-0.2, -0.15) is 0 Å². The molecule has 0 spiro atoms. The number of hydrogen-bond donors (Lipinski definition) is 2. The quantitative estimate of drug-likeness (QED) is 0.837. The number of benzene rings is 1. The summed E-state index contributed by atoms with van der Waals surface area (Å²) < 4.78 is 0.920. The first-order valence-corrected chi connectivity index (χ1v) is 6.27. The summed E-state index contributed by atoms with van der Waals surface area (Å²) >= 11 is 3.37. The Hall–Kier alpha value is -1.07. The van der Waals surface area contributed by atoms with Gasteiger partial charge < -0.3 is 15.1 Å². The third-order valence-corrected chi connectivity index (χ3v) is 3.72. The maximum Gasteiger partial charge on any atom is 0.407 e. The second-order valence-electron chi connectivity index (χ2n) is 4.31. The van der Waals surface area contributed by atoms with Gasteiger partial charge in [-0.05, 0) is 30.5 Å². The Labute approximate surface area is 108 Å². The molecular formula is C12H14BrNO3. The number of likely N-dealkylation sites (tertiary alicyclic amines) is 1. The van der Waals surface area contributed by atoms with E-state index in [0.29, 0.717) is 25.9 Å². The van der Waals surface area contributed by atoms with E-state index < -0.39 is 11.7 Å². The summed E-state index contributed by atoms with van der Waals surface area (Å²) in [6.45, 7) is 0.747. The largest absolute Gasteiger partial charge is 0.465 e. The Bertz CT molecular complexity index is 428. The van der Waals surface area contributed by atoms with Gasteiger partial charge in [0.1, 0.15) is 0 Å².